The van der Waals surface area contributed by atoms with Crippen molar-refractivity contribution in [3.05, 3.63) is 68.9 Å². The van der Waals surface area contributed by atoms with E-state index in [9.17, 15) is 9.59 Å². The number of furan rings is 1. The Hall–Kier alpha value is -2.91. The average Bonchev–Trinajstić information content (AvgIpc) is 3.24. The number of aliphatic carboxylic acids is 1. The summed E-state index contributed by atoms with van der Waals surface area (Å²) in [5.41, 5.74) is 4.48. The van der Waals surface area contributed by atoms with E-state index in [1.807, 2.05) is 36.4 Å². The second-order valence-corrected chi connectivity index (χ2v) is 8.01. The molecule has 9 heteroatoms. The third-order valence-electron chi connectivity index (χ3n) is 4.25. The van der Waals surface area contributed by atoms with Crippen LogP contribution in [0, 0.1) is 0 Å². The van der Waals surface area contributed by atoms with E-state index in [2.05, 4.69) is 42.4 Å². The second kappa shape index (κ2) is 7.84. The maximum atomic E-state index is 12.4. The molecule has 2 N–H and O–H groups in total. The first-order valence-electron chi connectivity index (χ1n) is 8.44. The van der Waals surface area contributed by atoms with Gasteiger partial charge in [0.25, 0.3) is 0 Å². The molecule has 0 radical (unpaired) electrons. The number of benzene rings is 2. The first kappa shape index (κ1) is 19.4. The summed E-state index contributed by atoms with van der Waals surface area (Å²) < 4.78 is 8.83. The molecule has 0 saturated carbocycles. The van der Waals surface area contributed by atoms with Crippen LogP contribution in [-0.4, -0.2) is 27.8 Å². The zero-order valence-corrected chi connectivity index (χ0v) is 17.9. The van der Waals surface area contributed by atoms with Gasteiger partial charge in [-0.05, 0) is 40.2 Å². The van der Waals surface area contributed by atoms with Crippen molar-refractivity contribution >= 4 is 71.8 Å². The standard InChI is InChI=1S/C20H13Br2N3O4/c21-13-5-11-6-17(29-19(11)15(22)7-13)20(28)24-23-8-12-9-25(10-18(26)27)16-4-2-1-3-14(12)16/h1-9H,10H2,(H,24,28)(H,26,27)/b23-8-. The van der Waals surface area contributed by atoms with Crippen LogP contribution >= 0.6 is 31.9 Å². The number of nitrogens with one attached hydrogen (secondary N) is 1. The molecule has 29 heavy (non-hydrogen) atoms. The fourth-order valence-electron chi connectivity index (χ4n) is 3.06. The topological polar surface area (TPSA) is 96.8 Å². The summed E-state index contributed by atoms with van der Waals surface area (Å²) in [6.45, 7) is -0.163. The molecule has 2 aromatic carbocycles. The number of hydrazone groups is 1. The molecule has 0 aliphatic carbocycles. The van der Waals surface area contributed by atoms with E-state index in [0.717, 1.165) is 25.2 Å². The Kier molecular flexibility index (Phi) is 5.25. The molecule has 0 spiro atoms. The molecule has 0 aliphatic rings. The van der Waals surface area contributed by atoms with Gasteiger partial charge in [-0.15, -0.1) is 0 Å². The monoisotopic (exact) mass is 517 g/mol. The van der Waals surface area contributed by atoms with Crippen LogP contribution < -0.4 is 5.43 Å². The molecule has 0 saturated heterocycles. The van der Waals surface area contributed by atoms with Crippen LogP contribution in [0.5, 0.6) is 0 Å². The van der Waals surface area contributed by atoms with Crippen LogP contribution in [0.4, 0.5) is 0 Å². The minimum atomic E-state index is -0.940. The number of hydrogen-bond acceptors (Lipinski definition) is 4. The molecular formula is C20H13Br2N3O4. The molecule has 2 aromatic heterocycles. The first-order valence-corrected chi connectivity index (χ1v) is 10.0. The minimum Gasteiger partial charge on any atom is -0.480 e. The van der Waals surface area contributed by atoms with Crippen LogP contribution in [0.1, 0.15) is 16.1 Å². The zero-order chi connectivity index (χ0) is 20.5. The predicted molar refractivity (Wildman–Crippen MR) is 116 cm³/mol. The highest BCUT2D eigenvalue weighted by atomic mass is 79.9. The molecule has 4 aromatic rings. The van der Waals surface area contributed by atoms with E-state index < -0.39 is 11.9 Å². The Morgan fingerprint density at radius 1 is 1.21 bits per heavy atom. The highest BCUT2D eigenvalue weighted by Crippen LogP contribution is 2.31. The van der Waals surface area contributed by atoms with Crippen molar-refractivity contribution in [1.29, 1.82) is 0 Å². The number of carboxylic acids is 1. The number of fused-ring (bicyclic) bond motifs is 2. The lowest BCUT2D eigenvalue weighted by molar-refractivity contribution is -0.137. The largest absolute Gasteiger partial charge is 0.480 e. The number of carboxylic acid groups (broad SMARTS) is 1. The summed E-state index contributed by atoms with van der Waals surface area (Å²) in [5, 5.41) is 14.7. The van der Waals surface area contributed by atoms with Gasteiger partial charge in [-0.25, -0.2) is 5.43 Å². The van der Waals surface area contributed by atoms with E-state index in [4.69, 9.17) is 9.52 Å². The van der Waals surface area contributed by atoms with Gasteiger partial charge in [0.05, 0.1) is 10.7 Å². The normalized spacial score (nSPS) is 11.5. The molecular weight excluding hydrogens is 506 g/mol. The highest BCUT2D eigenvalue weighted by Gasteiger charge is 2.14. The third-order valence-corrected chi connectivity index (χ3v) is 5.30. The fourth-order valence-corrected chi connectivity index (χ4v) is 4.40. The van der Waals surface area contributed by atoms with Gasteiger partial charge in [0, 0.05) is 32.5 Å². The van der Waals surface area contributed by atoms with Crippen molar-refractivity contribution in [2.75, 3.05) is 0 Å². The van der Waals surface area contributed by atoms with Crippen LogP contribution in [0.25, 0.3) is 21.9 Å². The Labute approximate surface area is 181 Å². The second-order valence-electron chi connectivity index (χ2n) is 6.24. The summed E-state index contributed by atoms with van der Waals surface area (Å²) in [4.78, 5) is 23.5. The number of carbonyl (C=O) groups is 2. The van der Waals surface area contributed by atoms with E-state index >= 15 is 0 Å². The molecule has 146 valence electrons. The maximum Gasteiger partial charge on any atom is 0.323 e. The smallest absolute Gasteiger partial charge is 0.323 e. The number of nitrogens with zero attached hydrogens (tertiary/aromatic N) is 2. The summed E-state index contributed by atoms with van der Waals surface area (Å²) in [6.07, 6.45) is 3.16. The number of rotatable bonds is 5. The van der Waals surface area contributed by atoms with Crippen molar-refractivity contribution in [2.45, 2.75) is 6.54 Å². The first-order chi connectivity index (χ1) is 13.9. The Morgan fingerprint density at radius 2 is 2.00 bits per heavy atom. The quantitative estimate of drug-likeness (QED) is 0.294. The number of hydrogen-bond donors (Lipinski definition) is 2. The number of amides is 1. The number of halogens is 2. The Balaban J connectivity index is 1.57. The molecule has 7 nitrogen and oxygen atoms in total. The van der Waals surface area contributed by atoms with E-state index in [-0.39, 0.29) is 12.3 Å². The third kappa shape index (κ3) is 3.96. The van der Waals surface area contributed by atoms with Crippen LogP contribution in [0.3, 0.4) is 0 Å². The van der Waals surface area contributed by atoms with E-state index in [1.165, 1.54) is 6.21 Å². The van der Waals surface area contributed by atoms with Crippen LogP contribution in [0.2, 0.25) is 0 Å². The maximum absolute atomic E-state index is 12.4. The Morgan fingerprint density at radius 3 is 2.79 bits per heavy atom. The van der Waals surface area contributed by atoms with Crippen molar-refractivity contribution in [1.82, 2.24) is 9.99 Å². The van der Waals surface area contributed by atoms with Gasteiger partial charge >= 0.3 is 11.9 Å². The minimum absolute atomic E-state index is 0.129. The van der Waals surface area contributed by atoms with Crippen LogP contribution in [0.15, 0.2) is 67.1 Å². The number of aromatic nitrogens is 1. The van der Waals surface area contributed by atoms with Gasteiger partial charge < -0.3 is 14.1 Å². The van der Waals surface area contributed by atoms with Gasteiger partial charge in [0.1, 0.15) is 12.1 Å². The average molecular weight is 519 g/mol. The lowest BCUT2D eigenvalue weighted by Gasteiger charge is -1.99. The summed E-state index contributed by atoms with van der Waals surface area (Å²) in [7, 11) is 0. The Bertz CT molecular complexity index is 1290. The summed E-state index contributed by atoms with van der Waals surface area (Å²) in [6, 6.07) is 12.7. The van der Waals surface area contributed by atoms with Crippen molar-refractivity contribution in [3.63, 3.8) is 0 Å². The molecule has 1 amide bonds. The van der Waals surface area contributed by atoms with Crippen LogP contribution in [-0.2, 0) is 11.3 Å². The van der Waals surface area contributed by atoms with Gasteiger partial charge in [-0.3, -0.25) is 9.59 Å². The van der Waals surface area contributed by atoms with E-state index in [1.54, 1.807) is 16.8 Å². The van der Waals surface area contributed by atoms with Gasteiger partial charge in [-0.1, -0.05) is 34.1 Å². The van der Waals surface area contributed by atoms with Gasteiger partial charge in [-0.2, -0.15) is 5.10 Å². The summed E-state index contributed by atoms with van der Waals surface area (Å²) >= 11 is 6.81. The van der Waals surface area contributed by atoms with Crippen molar-refractivity contribution in [2.24, 2.45) is 5.10 Å². The molecule has 0 atom stereocenters. The number of carbonyl (C=O) groups excluding carboxylic acids is 1. The highest BCUT2D eigenvalue weighted by molar-refractivity contribution is 9.11. The number of para-hydroxylation sites is 1. The lowest BCUT2D eigenvalue weighted by atomic mass is 10.2. The van der Waals surface area contributed by atoms with Gasteiger partial charge in [0.2, 0.25) is 0 Å². The molecule has 0 fully saturated rings. The molecule has 0 aliphatic heterocycles. The molecule has 0 bridgehead atoms. The van der Waals surface area contributed by atoms with Crippen molar-refractivity contribution in [3.8, 4) is 0 Å². The predicted octanol–water partition coefficient (Wildman–Crippen LogP) is 4.76. The lowest BCUT2D eigenvalue weighted by Crippen LogP contribution is -2.16. The summed E-state index contributed by atoms with van der Waals surface area (Å²) in [5.74, 6) is -1.30. The van der Waals surface area contributed by atoms with Gasteiger partial charge in [0.15, 0.2) is 5.76 Å². The molecule has 2 heterocycles. The van der Waals surface area contributed by atoms with E-state index in [0.29, 0.717) is 11.1 Å². The fraction of sp³-hybridized carbons (Fsp3) is 0.0500. The molecule has 0 unspecified atom stereocenters. The zero-order valence-electron chi connectivity index (χ0n) is 14.7. The molecule has 4 rings (SSSR count). The SMILES string of the molecule is O=C(O)Cn1cc(/C=N\NC(=O)c2cc3cc(Br)cc(Br)c3o2)c2ccccc21. The van der Waals surface area contributed by atoms with Crippen molar-refractivity contribution < 1.29 is 19.1 Å².